The van der Waals surface area contributed by atoms with E-state index in [1.54, 1.807) is 0 Å². The van der Waals surface area contributed by atoms with E-state index >= 15 is 0 Å². The Labute approximate surface area is 187 Å². The fourth-order valence-corrected chi connectivity index (χ4v) is 5.66. The molecule has 0 spiro atoms. The van der Waals surface area contributed by atoms with Crippen LogP contribution < -0.4 is 10.7 Å². The van der Waals surface area contributed by atoms with Gasteiger partial charge in [-0.25, -0.2) is 0 Å². The molecule has 0 aromatic carbocycles. The third-order valence-electron chi connectivity index (χ3n) is 5.63. The van der Waals surface area contributed by atoms with Gasteiger partial charge >= 0.3 is 0 Å². The van der Waals surface area contributed by atoms with Crippen molar-refractivity contribution in [2.75, 3.05) is 0 Å². The summed E-state index contributed by atoms with van der Waals surface area (Å²) in [6, 6.07) is 0.453. The van der Waals surface area contributed by atoms with E-state index < -0.39 is 0 Å². The van der Waals surface area contributed by atoms with Crippen molar-refractivity contribution in [1.29, 1.82) is 0 Å². The van der Waals surface area contributed by atoms with Gasteiger partial charge in [-0.05, 0) is 99.7 Å². The zero-order valence-corrected chi connectivity index (χ0v) is 19.3. The van der Waals surface area contributed by atoms with Crippen LogP contribution in [0.15, 0.2) is 71.3 Å². The molecular formula is C21H23I2N3O. The molecule has 3 N–H and O–H groups in total. The predicted molar refractivity (Wildman–Crippen MR) is 128 cm³/mol. The zero-order valence-electron chi connectivity index (χ0n) is 15.0. The lowest BCUT2D eigenvalue weighted by molar-refractivity contribution is 0.431. The Morgan fingerprint density at radius 3 is 2.89 bits per heavy atom. The first-order valence-corrected chi connectivity index (χ1v) is 11.5. The van der Waals surface area contributed by atoms with Gasteiger partial charge in [-0.1, -0.05) is 25.2 Å². The highest BCUT2D eigenvalue weighted by atomic mass is 127. The number of aliphatic hydroxyl groups is 1. The molecule has 4 rings (SSSR count). The number of fused-ring (bicyclic) bond motifs is 3. The van der Waals surface area contributed by atoms with Crippen LogP contribution in [0.25, 0.3) is 0 Å². The van der Waals surface area contributed by atoms with Crippen LogP contribution in [0, 0.1) is 5.92 Å². The summed E-state index contributed by atoms with van der Waals surface area (Å²) in [5.74, 6) is 0.587. The van der Waals surface area contributed by atoms with Crippen molar-refractivity contribution >= 4 is 51.4 Å². The number of hydrogen-bond donors (Lipinski definition) is 3. The predicted octanol–water partition coefficient (Wildman–Crippen LogP) is 5.33. The molecule has 0 fully saturated rings. The topological polar surface area (TPSA) is 56.6 Å². The van der Waals surface area contributed by atoms with Crippen molar-refractivity contribution < 1.29 is 5.11 Å². The number of nitrogens with zero attached hydrogens (tertiary/aromatic N) is 1. The normalized spacial score (nSPS) is 30.2. The summed E-state index contributed by atoms with van der Waals surface area (Å²) in [7, 11) is 0. The van der Waals surface area contributed by atoms with Crippen molar-refractivity contribution in [3.63, 3.8) is 0 Å². The molecule has 0 saturated carbocycles. The third-order valence-corrected chi connectivity index (χ3v) is 7.01. The maximum atomic E-state index is 10.1. The standard InChI is InChI=1S/C21H23I2N3O/c1-12(22)21(27)16(23)7-8-17-13-5-3-2-4-6-14(13)20-15-11-24-26-18(15)9-10-19(20)25-17/h7-11,15,17-18,25-27H,1-6H2/b8-7+,21-16-. The summed E-state index contributed by atoms with van der Waals surface area (Å²) in [4.78, 5) is 0. The van der Waals surface area contributed by atoms with E-state index in [-0.39, 0.29) is 17.8 Å². The minimum atomic E-state index is 0.171. The first kappa shape index (κ1) is 19.3. The molecule has 4 aliphatic rings. The molecule has 0 amide bonds. The van der Waals surface area contributed by atoms with Crippen LogP contribution in [0.4, 0.5) is 0 Å². The molecule has 0 saturated heterocycles. The molecule has 0 radical (unpaired) electrons. The second-order valence-corrected chi connectivity index (χ2v) is 9.76. The number of nitrogens with one attached hydrogen (secondary N) is 2. The minimum Gasteiger partial charge on any atom is -0.506 e. The Kier molecular flexibility index (Phi) is 5.82. The Morgan fingerprint density at radius 2 is 2.07 bits per heavy atom. The molecule has 3 unspecified atom stereocenters. The van der Waals surface area contributed by atoms with Gasteiger partial charge in [0.15, 0.2) is 0 Å². The van der Waals surface area contributed by atoms with Gasteiger partial charge in [0.1, 0.15) is 5.76 Å². The van der Waals surface area contributed by atoms with Crippen LogP contribution in [0.3, 0.4) is 0 Å². The largest absolute Gasteiger partial charge is 0.506 e. The second kappa shape index (κ2) is 8.14. The van der Waals surface area contributed by atoms with Gasteiger partial charge in [0.05, 0.1) is 15.7 Å². The lowest BCUT2D eigenvalue weighted by Gasteiger charge is -2.36. The SMILES string of the molecule is C=C(I)/C(O)=C(I)\C=C\C1NC2=C(C3=C1CCCCC3)C1C=NNC1C=C2. The average Bonchev–Trinajstić information content (AvgIpc) is 3.01. The summed E-state index contributed by atoms with van der Waals surface area (Å²) >= 11 is 4.22. The van der Waals surface area contributed by atoms with E-state index in [2.05, 4.69) is 92.0 Å². The number of hydrogen-bond acceptors (Lipinski definition) is 4. The fourth-order valence-electron chi connectivity index (χ4n) is 4.32. The summed E-state index contributed by atoms with van der Waals surface area (Å²) in [5, 5.41) is 18.2. The number of aliphatic hydroxyl groups excluding tert-OH is 1. The average molecular weight is 587 g/mol. The Bertz CT molecular complexity index is 847. The first-order chi connectivity index (χ1) is 13.1. The highest BCUT2D eigenvalue weighted by Gasteiger charge is 2.37. The van der Waals surface area contributed by atoms with Gasteiger partial charge in [0.2, 0.25) is 0 Å². The molecule has 2 aliphatic carbocycles. The molecular weight excluding hydrogens is 564 g/mol. The highest BCUT2D eigenvalue weighted by Crippen LogP contribution is 2.42. The van der Waals surface area contributed by atoms with Gasteiger partial charge < -0.3 is 15.8 Å². The van der Waals surface area contributed by atoms with Gasteiger partial charge in [0.25, 0.3) is 0 Å². The van der Waals surface area contributed by atoms with Gasteiger partial charge in [-0.2, -0.15) is 5.10 Å². The molecule has 0 aromatic heterocycles. The monoisotopic (exact) mass is 587 g/mol. The Balaban J connectivity index is 1.71. The maximum absolute atomic E-state index is 10.1. The molecule has 27 heavy (non-hydrogen) atoms. The van der Waals surface area contributed by atoms with E-state index in [1.165, 1.54) is 41.7 Å². The molecule has 0 bridgehead atoms. The van der Waals surface area contributed by atoms with E-state index in [0.29, 0.717) is 9.50 Å². The summed E-state index contributed by atoms with van der Waals surface area (Å²) < 4.78 is 1.47. The van der Waals surface area contributed by atoms with Crippen molar-refractivity contribution in [3.05, 3.63) is 66.2 Å². The summed E-state index contributed by atoms with van der Waals surface area (Å²) in [6.07, 6.45) is 16.7. The van der Waals surface area contributed by atoms with Crippen LogP contribution in [0.2, 0.25) is 0 Å². The van der Waals surface area contributed by atoms with Crippen molar-refractivity contribution in [2.24, 2.45) is 11.0 Å². The number of allylic oxidation sites excluding steroid dienone is 5. The van der Waals surface area contributed by atoms with Crippen LogP contribution in [0.5, 0.6) is 0 Å². The first-order valence-electron chi connectivity index (χ1n) is 9.38. The minimum absolute atomic E-state index is 0.171. The quantitative estimate of drug-likeness (QED) is 0.238. The van der Waals surface area contributed by atoms with Crippen LogP contribution in [0.1, 0.15) is 32.1 Å². The molecule has 2 aliphatic heterocycles. The molecule has 6 heteroatoms. The number of halogens is 2. The van der Waals surface area contributed by atoms with Crippen molar-refractivity contribution in [1.82, 2.24) is 10.7 Å². The van der Waals surface area contributed by atoms with Crippen LogP contribution in [-0.2, 0) is 0 Å². The van der Waals surface area contributed by atoms with Crippen LogP contribution in [-0.4, -0.2) is 23.4 Å². The number of hydrazone groups is 1. The summed E-state index contributed by atoms with van der Waals surface area (Å²) in [5.41, 5.74) is 8.92. The molecule has 2 heterocycles. The summed E-state index contributed by atoms with van der Waals surface area (Å²) in [6.45, 7) is 3.81. The van der Waals surface area contributed by atoms with Crippen molar-refractivity contribution in [3.8, 4) is 0 Å². The van der Waals surface area contributed by atoms with E-state index in [4.69, 9.17) is 0 Å². The Morgan fingerprint density at radius 1 is 1.26 bits per heavy atom. The molecule has 3 atom stereocenters. The number of dihydropyridines is 1. The lowest BCUT2D eigenvalue weighted by Crippen LogP contribution is -2.40. The molecule has 142 valence electrons. The number of rotatable bonds is 3. The van der Waals surface area contributed by atoms with Gasteiger partial charge in [-0.3, -0.25) is 0 Å². The van der Waals surface area contributed by atoms with E-state index in [0.717, 1.165) is 16.4 Å². The second-order valence-electron chi connectivity index (χ2n) is 7.29. The van der Waals surface area contributed by atoms with Gasteiger partial charge in [0, 0.05) is 21.4 Å². The molecule has 0 aromatic rings. The fraction of sp³-hybridized carbons (Fsp3) is 0.381. The third kappa shape index (κ3) is 3.79. The lowest BCUT2D eigenvalue weighted by atomic mass is 9.76. The maximum Gasteiger partial charge on any atom is 0.141 e. The highest BCUT2D eigenvalue weighted by molar-refractivity contribution is 14.1. The molecule has 4 nitrogen and oxygen atoms in total. The van der Waals surface area contributed by atoms with Crippen LogP contribution >= 0.6 is 45.2 Å². The Hall–Kier alpha value is -1.03. The van der Waals surface area contributed by atoms with Crippen molar-refractivity contribution in [2.45, 2.75) is 44.2 Å². The van der Waals surface area contributed by atoms with E-state index in [1.807, 2.05) is 6.08 Å². The van der Waals surface area contributed by atoms with Gasteiger partial charge in [-0.15, -0.1) is 0 Å². The smallest absolute Gasteiger partial charge is 0.141 e. The zero-order chi connectivity index (χ0) is 19.0. The van der Waals surface area contributed by atoms with E-state index in [9.17, 15) is 5.11 Å².